The van der Waals surface area contributed by atoms with Gasteiger partial charge in [-0.05, 0) is 69.7 Å². The number of benzene rings is 6. The molecule has 5 heterocycles. The van der Waals surface area contributed by atoms with Crippen LogP contribution in [0.25, 0.3) is 57.9 Å². The van der Waals surface area contributed by atoms with Crippen LogP contribution in [-0.4, -0.2) is 9.55 Å². The average Bonchev–Trinajstić information content (AvgIpc) is 4.01. The Bertz CT molecular complexity index is 3320. The predicted octanol–water partition coefficient (Wildman–Crippen LogP) is 16.1. The smallest absolute Gasteiger partial charge is 0.135 e. The molecular formula is C54H45N4OPtS2-3. The molecule has 0 fully saturated rings. The van der Waals surface area contributed by atoms with E-state index in [1.807, 2.05) is 41.0 Å². The van der Waals surface area contributed by atoms with E-state index in [-0.39, 0.29) is 26.5 Å². The van der Waals surface area contributed by atoms with Crippen LogP contribution in [0.5, 0.6) is 11.5 Å². The molecule has 4 aromatic heterocycles. The normalized spacial score (nSPS) is 13.1. The van der Waals surface area contributed by atoms with Crippen LogP contribution in [-0.2, 0) is 26.5 Å². The van der Waals surface area contributed by atoms with Crippen molar-refractivity contribution in [1.82, 2.24) is 9.55 Å². The van der Waals surface area contributed by atoms with Gasteiger partial charge in [0.1, 0.15) is 5.82 Å². The molecule has 0 bridgehead atoms. The molecule has 1 aliphatic rings. The van der Waals surface area contributed by atoms with Crippen LogP contribution in [0.4, 0.5) is 22.1 Å². The van der Waals surface area contributed by atoms with Crippen molar-refractivity contribution in [2.45, 2.75) is 65.7 Å². The van der Waals surface area contributed by atoms with Gasteiger partial charge in [-0.15, -0.1) is 70.7 Å². The largest absolute Gasteiger partial charge is 0.509 e. The molecule has 8 heteroatoms. The zero-order chi connectivity index (χ0) is 41.7. The fourth-order valence-corrected chi connectivity index (χ4v) is 11.3. The van der Waals surface area contributed by atoms with Crippen LogP contribution >= 0.6 is 22.7 Å². The summed E-state index contributed by atoms with van der Waals surface area (Å²) < 4.78 is 12.8. The molecular weight excluding hydrogens is 980 g/mol. The van der Waals surface area contributed by atoms with E-state index in [1.165, 1.54) is 57.6 Å². The van der Waals surface area contributed by atoms with Crippen molar-refractivity contribution in [3.8, 4) is 17.3 Å². The van der Waals surface area contributed by atoms with Crippen LogP contribution in [0.3, 0.4) is 0 Å². The summed E-state index contributed by atoms with van der Waals surface area (Å²) in [6, 6.07) is 50.9. The number of hydrogen-bond acceptors (Lipinski definition) is 6. The monoisotopic (exact) mass is 1020 g/mol. The summed E-state index contributed by atoms with van der Waals surface area (Å²) in [6.07, 6.45) is 1.93. The van der Waals surface area contributed by atoms with E-state index < -0.39 is 0 Å². The third kappa shape index (κ3) is 6.55. The SMILES string of the molecule is CC(C)c1cccc(C(C)C)c1N1[CH-]N(c2[c-]c(Oc3[c-]c4c(cc3)c3ccc5sc6ccccc6c5c3n4-c3cc(C(C)(C)C)ccn3)ccc2)c2c1sc1ccccc21.[Pt]. The molecule has 0 saturated carbocycles. The first-order valence-electron chi connectivity index (χ1n) is 21.1. The maximum atomic E-state index is 6.77. The Morgan fingerprint density at radius 3 is 2.05 bits per heavy atom. The molecule has 1 aliphatic heterocycles. The van der Waals surface area contributed by atoms with Gasteiger partial charge in [-0.1, -0.05) is 115 Å². The van der Waals surface area contributed by atoms with Gasteiger partial charge in [0.2, 0.25) is 0 Å². The maximum Gasteiger partial charge on any atom is 0.135 e. The molecule has 0 N–H and O–H groups in total. The van der Waals surface area contributed by atoms with Crippen molar-refractivity contribution >= 4 is 96.8 Å². The minimum atomic E-state index is -0.0475. The first kappa shape index (κ1) is 40.6. The van der Waals surface area contributed by atoms with E-state index in [0.29, 0.717) is 23.3 Å². The number of ether oxygens (including phenoxy) is 1. The predicted molar refractivity (Wildman–Crippen MR) is 259 cm³/mol. The standard InChI is InChI=1S/C54H45N4OS2.Pt/c1-32(2)38-18-13-19-39(33(3)4)50(38)57-31-56(52-43-17-9-11-21-46(43)61-53(52)57)35-14-12-15-36(29-35)59-37-22-23-40-41-24-25-47-49(42-16-8-10-20-45(42)60-47)51(41)58(44(40)30-37)48-28-34(26-27-55-48)54(5,6)7;/h8-28,31-33H,1-7H3;/q-3;. The van der Waals surface area contributed by atoms with Crippen molar-refractivity contribution in [2.75, 3.05) is 9.80 Å². The number of thiophene rings is 2. The topological polar surface area (TPSA) is 33.5 Å². The second-order valence-electron chi connectivity index (χ2n) is 17.7. The zero-order valence-electron chi connectivity index (χ0n) is 35.7. The van der Waals surface area contributed by atoms with Gasteiger partial charge >= 0.3 is 0 Å². The quantitative estimate of drug-likeness (QED) is 0.149. The molecule has 0 unspecified atom stereocenters. The first-order valence-corrected chi connectivity index (χ1v) is 22.7. The van der Waals surface area contributed by atoms with Gasteiger partial charge in [0, 0.05) is 74.7 Å². The number of fused-ring (bicyclic) bond motifs is 10. The molecule has 10 aromatic rings. The van der Waals surface area contributed by atoms with E-state index >= 15 is 0 Å². The van der Waals surface area contributed by atoms with Crippen LogP contribution in [0.15, 0.2) is 128 Å². The molecule has 0 saturated heterocycles. The van der Waals surface area contributed by atoms with Gasteiger partial charge in [0.25, 0.3) is 0 Å². The van der Waals surface area contributed by atoms with Crippen molar-refractivity contribution in [1.29, 1.82) is 0 Å². The Morgan fingerprint density at radius 2 is 1.31 bits per heavy atom. The third-order valence-corrected chi connectivity index (χ3v) is 14.3. The number of hydrogen-bond donors (Lipinski definition) is 0. The van der Waals surface area contributed by atoms with E-state index in [4.69, 9.17) is 9.72 Å². The van der Waals surface area contributed by atoms with Crippen LogP contribution in [0, 0.1) is 18.8 Å². The average molecular weight is 1030 g/mol. The Morgan fingerprint density at radius 1 is 0.629 bits per heavy atom. The Labute approximate surface area is 385 Å². The molecule has 312 valence electrons. The number of pyridine rings is 1. The molecule has 0 spiro atoms. The number of anilines is 4. The second-order valence-corrected chi connectivity index (χ2v) is 19.8. The van der Waals surface area contributed by atoms with Crippen molar-refractivity contribution in [2.24, 2.45) is 0 Å². The van der Waals surface area contributed by atoms with E-state index in [1.54, 1.807) is 0 Å². The van der Waals surface area contributed by atoms with Crippen molar-refractivity contribution < 1.29 is 25.8 Å². The van der Waals surface area contributed by atoms with Gasteiger partial charge in [-0.3, -0.25) is 0 Å². The van der Waals surface area contributed by atoms with Crippen LogP contribution in [0.1, 0.15) is 77.0 Å². The minimum Gasteiger partial charge on any atom is -0.509 e. The Balaban J connectivity index is 0.00000458. The summed E-state index contributed by atoms with van der Waals surface area (Å²) in [7, 11) is 0. The molecule has 5 nitrogen and oxygen atoms in total. The van der Waals surface area contributed by atoms with Gasteiger partial charge in [-0.2, -0.15) is 12.1 Å². The fraction of sp³-hybridized carbons (Fsp3) is 0.185. The molecule has 0 radical (unpaired) electrons. The van der Waals surface area contributed by atoms with Gasteiger partial charge in [0.15, 0.2) is 0 Å². The minimum absolute atomic E-state index is 0. The third-order valence-electron chi connectivity index (χ3n) is 12.0. The molecule has 11 rings (SSSR count). The van der Waals surface area contributed by atoms with Gasteiger partial charge in [0.05, 0.1) is 16.2 Å². The summed E-state index contributed by atoms with van der Waals surface area (Å²) >= 11 is 3.67. The second kappa shape index (κ2) is 15.4. The number of rotatable bonds is 7. The van der Waals surface area contributed by atoms with E-state index in [2.05, 4.69) is 191 Å². The summed E-state index contributed by atoms with van der Waals surface area (Å²) in [6.45, 7) is 18.1. The van der Waals surface area contributed by atoms with E-state index in [9.17, 15) is 0 Å². The Hall–Kier alpha value is -5.46. The summed E-state index contributed by atoms with van der Waals surface area (Å²) in [5.74, 6) is 2.82. The molecule has 6 aromatic carbocycles. The van der Waals surface area contributed by atoms with Gasteiger partial charge in [-0.25, -0.2) is 4.98 Å². The van der Waals surface area contributed by atoms with Crippen molar-refractivity contribution in [3.05, 3.63) is 163 Å². The summed E-state index contributed by atoms with van der Waals surface area (Å²) in [5.41, 5.74) is 9.25. The summed E-state index contributed by atoms with van der Waals surface area (Å²) in [4.78, 5) is 9.73. The number of nitrogens with zero attached hydrogens (tertiary/aromatic N) is 4. The molecule has 0 atom stereocenters. The summed E-state index contributed by atoms with van der Waals surface area (Å²) in [5, 5.41) is 7.18. The molecule has 0 amide bonds. The van der Waals surface area contributed by atoms with Crippen LogP contribution < -0.4 is 14.5 Å². The fourth-order valence-electron chi connectivity index (χ4n) is 9.04. The maximum absolute atomic E-state index is 6.77. The first-order chi connectivity index (χ1) is 29.5. The molecule has 0 aliphatic carbocycles. The molecule has 62 heavy (non-hydrogen) atoms. The number of para-hydroxylation sites is 1. The van der Waals surface area contributed by atoms with Crippen LogP contribution in [0.2, 0.25) is 0 Å². The number of aromatic nitrogens is 2. The van der Waals surface area contributed by atoms with Crippen molar-refractivity contribution in [3.63, 3.8) is 0 Å². The van der Waals surface area contributed by atoms with E-state index in [0.717, 1.165) is 39.0 Å². The Kier molecular flexibility index (Phi) is 10.1. The zero-order valence-corrected chi connectivity index (χ0v) is 39.6. The van der Waals surface area contributed by atoms with Gasteiger partial charge < -0.3 is 19.1 Å².